The van der Waals surface area contributed by atoms with Crippen LogP contribution in [0.3, 0.4) is 0 Å². The van der Waals surface area contributed by atoms with Crippen LogP contribution in [0.25, 0.3) is 0 Å². The van der Waals surface area contributed by atoms with Gasteiger partial charge in [0.25, 0.3) is 0 Å². The van der Waals surface area contributed by atoms with E-state index < -0.39 is 0 Å². The summed E-state index contributed by atoms with van der Waals surface area (Å²) in [7, 11) is 0. The molecule has 3 nitrogen and oxygen atoms in total. The van der Waals surface area contributed by atoms with Crippen molar-refractivity contribution in [3.05, 3.63) is 46.3 Å². The number of fused-ring (bicyclic) bond motifs is 1. The van der Waals surface area contributed by atoms with Gasteiger partial charge in [0.1, 0.15) is 5.76 Å². The van der Waals surface area contributed by atoms with Crippen LogP contribution in [0.1, 0.15) is 11.9 Å². The van der Waals surface area contributed by atoms with Crippen LogP contribution in [-0.2, 0) is 0 Å². The lowest BCUT2D eigenvalue weighted by Crippen LogP contribution is -2.23. The first-order valence-electron chi connectivity index (χ1n) is 5.17. The molecule has 0 amide bonds. The molecule has 0 bridgehead atoms. The predicted molar refractivity (Wildman–Crippen MR) is 67.0 cm³/mol. The fourth-order valence-electron chi connectivity index (χ4n) is 1.83. The number of rotatable bonds is 1. The van der Waals surface area contributed by atoms with Crippen LogP contribution in [0, 0.1) is 0 Å². The van der Waals surface area contributed by atoms with Crippen LogP contribution in [0.5, 0.6) is 5.75 Å². The van der Waals surface area contributed by atoms with Gasteiger partial charge in [-0.2, -0.15) is 0 Å². The maximum absolute atomic E-state index is 6.09. The van der Waals surface area contributed by atoms with Crippen LogP contribution in [0.2, 0.25) is 10.0 Å². The van der Waals surface area contributed by atoms with E-state index in [1.807, 2.05) is 12.1 Å². The second kappa shape index (κ2) is 4.17. The molecule has 1 aliphatic heterocycles. The molecule has 0 aliphatic carbocycles. The lowest BCUT2D eigenvalue weighted by molar-refractivity contribution is 0.181. The summed E-state index contributed by atoms with van der Waals surface area (Å²) in [5.74, 6) is 1.39. The molecule has 88 valence electrons. The monoisotopic (exact) mass is 269 g/mol. The number of furan rings is 1. The number of halogens is 2. The van der Waals surface area contributed by atoms with E-state index in [4.69, 9.17) is 32.4 Å². The Morgan fingerprint density at radius 1 is 1.29 bits per heavy atom. The summed E-state index contributed by atoms with van der Waals surface area (Å²) in [6, 6.07) is 7.16. The smallest absolute Gasteiger partial charge is 0.173 e. The molecule has 1 unspecified atom stereocenters. The summed E-state index contributed by atoms with van der Waals surface area (Å²) in [6.07, 6.45) is 1.45. The lowest BCUT2D eigenvalue weighted by atomic mass is 10.2. The summed E-state index contributed by atoms with van der Waals surface area (Å²) in [5.41, 5.74) is 0.810. The van der Waals surface area contributed by atoms with Gasteiger partial charge in [-0.3, -0.25) is 0 Å². The Hall–Kier alpha value is -1.32. The maximum Gasteiger partial charge on any atom is 0.173 e. The first kappa shape index (κ1) is 10.8. The second-order valence-corrected chi connectivity index (χ2v) is 4.61. The normalized spacial score (nSPS) is 18.1. The van der Waals surface area contributed by atoms with Gasteiger partial charge in [0, 0.05) is 5.02 Å². The minimum atomic E-state index is -0.170. The molecule has 0 saturated heterocycles. The third-order valence-electron chi connectivity index (χ3n) is 2.61. The van der Waals surface area contributed by atoms with E-state index in [0.717, 1.165) is 11.4 Å². The molecule has 1 atom stereocenters. The van der Waals surface area contributed by atoms with Crippen molar-refractivity contribution in [3.8, 4) is 5.75 Å². The van der Waals surface area contributed by atoms with Crippen molar-refractivity contribution in [2.45, 2.75) is 6.10 Å². The van der Waals surface area contributed by atoms with Gasteiger partial charge < -0.3 is 14.5 Å². The van der Waals surface area contributed by atoms with E-state index in [1.54, 1.807) is 18.4 Å². The SMILES string of the molecule is Clc1cc(Cl)c2c(c1)NCC(c1ccco1)O2. The Labute approximate surface area is 108 Å². The molecule has 1 aliphatic rings. The zero-order valence-corrected chi connectivity index (χ0v) is 10.3. The second-order valence-electron chi connectivity index (χ2n) is 3.77. The Bertz CT molecular complexity index is 540. The van der Waals surface area contributed by atoms with Crippen molar-refractivity contribution in [1.82, 2.24) is 0 Å². The quantitative estimate of drug-likeness (QED) is 0.845. The van der Waals surface area contributed by atoms with Crippen molar-refractivity contribution in [2.75, 3.05) is 11.9 Å². The van der Waals surface area contributed by atoms with Gasteiger partial charge in [-0.15, -0.1) is 0 Å². The highest BCUT2D eigenvalue weighted by atomic mass is 35.5. The van der Waals surface area contributed by atoms with E-state index in [2.05, 4.69) is 5.32 Å². The first-order valence-corrected chi connectivity index (χ1v) is 5.92. The minimum absolute atomic E-state index is 0.170. The van der Waals surface area contributed by atoms with Crippen LogP contribution >= 0.6 is 23.2 Å². The average molecular weight is 270 g/mol. The van der Waals surface area contributed by atoms with Gasteiger partial charge in [0.05, 0.1) is 23.5 Å². The van der Waals surface area contributed by atoms with Crippen LogP contribution in [0.15, 0.2) is 34.9 Å². The van der Waals surface area contributed by atoms with Gasteiger partial charge in [0.2, 0.25) is 0 Å². The number of ether oxygens (including phenoxy) is 1. The fraction of sp³-hybridized carbons (Fsp3) is 0.167. The van der Waals surface area contributed by atoms with Gasteiger partial charge in [-0.1, -0.05) is 23.2 Å². The van der Waals surface area contributed by atoms with E-state index in [9.17, 15) is 0 Å². The van der Waals surface area contributed by atoms with Gasteiger partial charge in [-0.25, -0.2) is 0 Å². The molecule has 0 spiro atoms. The number of anilines is 1. The summed E-state index contributed by atoms with van der Waals surface area (Å²) >= 11 is 12.0. The van der Waals surface area contributed by atoms with Gasteiger partial charge in [-0.05, 0) is 24.3 Å². The number of nitrogens with one attached hydrogen (secondary N) is 1. The molecule has 17 heavy (non-hydrogen) atoms. The third-order valence-corrected chi connectivity index (χ3v) is 3.11. The van der Waals surface area contributed by atoms with Crippen molar-refractivity contribution in [1.29, 1.82) is 0 Å². The third kappa shape index (κ3) is 1.96. The molecule has 1 aromatic carbocycles. The molecular weight excluding hydrogens is 261 g/mol. The Kier molecular flexibility index (Phi) is 2.65. The molecule has 0 radical (unpaired) electrons. The molecule has 5 heteroatoms. The molecule has 1 N–H and O–H groups in total. The van der Waals surface area contributed by atoms with Crippen molar-refractivity contribution in [2.24, 2.45) is 0 Å². The number of benzene rings is 1. The zero-order valence-electron chi connectivity index (χ0n) is 8.74. The molecular formula is C12H9Cl2NO2. The van der Waals surface area contributed by atoms with Crippen LogP contribution in [0.4, 0.5) is 5.69 Å². The molecule has 2 heterocycles. The molecule has 3 rings (SSSR count). The maximum atomic E-state index is 6.09. The zero-order chi connectivity index (χ0) is 11.8. The number of hydrogen-bond acceptors (Lipinski definition) is 3. The van der Waals surface area contributed by atoms with Gasteiger partial charge >= 0.3 is 0 Å². The highest BCUT2D eigenvalue weighted by Gasteiger charge is 2.25. The standard InChI is InChI=1S/C12H9Cl2NO2/c13-7-4-8(14)12-9(5-7)15-6-11(17-12)10-2-1-3-16-10/h1-5,11,15H,6H2. The lowest BCUT2D eigenvalue weighted by Gasteiger charge is -2.26. The Morgan fingerprint density at radius 2 is 2.18 bits per heavy atom. The summed E-state index contributed by atoms with van der Waals surface area (Å²) < 4.78 is 11.1. The largest absolute Gasteiger partial charge is 0.477 e. The topological polar surface area (TPSA) is 34.4 Å². The van der Waals surface area contributed by atoms with E-state index >= 15 is 0 Å². The van der Waals surface area contributed by atoms with Crippen molar-refractivity contribution >= 4 is 28.9 Å². The van der Waals surface area contributed by atoms with E-state index in [1.165, 1.54) is 0 Å². The number of hydrogen-bond donors (Lipinski definition) is 1. The Balaban J connectivity index is 1.95. The molecule has 1 aromatic heterocycles. The van der Waals surface area contributed by atoms with E-state index in [-0.39, 0.29) is 6.10 Å². The highest BCUT2D eigenvalue weighted by Crippen LogP contribution is 2.41. The van der Waals surface area contributed by atoms with Crippen molar-refractivity contribution < 1.29 is 9.15 Å². The van der Waals surface area contributed by atoms with Gasteiger partial charge in [0.15, 0.2) is 11.9 Å². The van der Waals surface area contributed by atoms with Crippen LogP contribution < -0.4 is 10.1 Å². The summed E-state index contributed by atoms with van der Waals surface area (Å²) in [6.45, 7) is 0.622. The fourth-order valence-corrected chi connectivity index (χ4v) is 2.37. The highest BCUT2D eigenvalue weighted by molar-refractivity contribution is 6.36. The molecule has 2 aromatic rings. The minimum Gasteiger partial charge on any atom is -0.477 e. The molecule has 0 saturated carbocycles. The summed E-state index contributed by atoms with van der Waals surface area (Å²) in [4.78, 5) is 0. The first-order chi connectivity index (χ1) is 8.24. The Morgan fingerprint density at radius 3 is 2.94 bits per heavy atom. The predicted octanol–water partition coefficient (Wildman–Crippen LogP) is 4.13. The average Bonchev–Trinajstić information content (AvgIpc) is 2.82. The van der Waals surface area contributed by atoms with Crippen molar-refractivity contribution in [3.63, 3.8) is 0 Å². The van der Waals surface area contributed by atoms with Crippen LogP contribution in [-0.4, -0.2) is 6.54 Å². The molecule has 0 fully saturated rings. The summed E-state index contributed by atoms with van der Waals surface area (Å²) in [5, 5.41) is 4.31. The van der Waals surface area contributed by atoms with E-state index in [0.29, 0.717) is 22.3 Å².